The molecular formula is C28H43NO3. The minimum atomic E-state index is 0.554. The molecule has 4 nitrogen and oxygen atoms in total. The fourth-order valence-corrected chi connectivity index (χ4v) is 3.48. The summed E-state index contributed by atoms with van der Waals surface area (Å²) in [6.07, 6.45) is 13.0. The first-order valence-electron chi connectivity index (χ1n) is 12.6. The molecule has 32 heavy (non-hydrogen) atoms. The maximum absolute atomic E-state index is 5.89. The minimum Gasteiger partial charge on any atom is -0.494 e. The molecule has 0 N–H and O–H groups in total. The summed E-state index contributed by atoms with van der Waals surface area (Å²) in [6.45, 7) is 9.59. The Bertz CT molecular complexity index is 700. The SMILES string of the molecule is CCCCCCOCCOc1ccc(-c2ccc(OCCCCCC(C)CC)cc2)nc1. The zero-order chi connectivity index (χ0) is 22.9. The van der Waals surface area contributed by atoms with Gasteiger partial charge in [0.1, 0.15) is 18.1 Å². The summed E-state index contributed by atoms with van der Waals surface area (Å²) in [5, 5.41) is 0. The third-order valence-corrected chi connectivity index (χ3v) is 5.83. The maximum Gasteiger partial charge on any atom is 0.137 e. The molecule has 0 aliphatic carbocycles. The largest absolute Gasteiger partial charge is 0.494 e. The van der Waals surface area contributed by atoms with Gasteiger partial charge in [-0.1, -0.05) is 65.7 Å². The molecule has 2 rings (SSSR count). The van der Waals surface area contributed by atoms with Crippen LogP contribution in [0.3, 0.4) is 0 Å². The Labute approximate surface area is 195 Å². The van der Waals surface area contributed by atoms with Crippen molar-refractivity contribution < 1.29 is 14.2 Å². The molecule has 1 aromatic carbocycles. The number of hydrogen-bond donors (Lipinski definition) is 0. The molecular weight excluding hydrogens is 398 g/mol. The van der Waals surface area contributed by atoms with Gasteiger partial charge in [0.2, 0.25) is 0 Å². The Morgan fingerprint density at radius 3 is 2.16 bits per heavy atom. The third kappa shape index (κ3) is 11.0. The van der Waals surface area contributed by atoms with E-state index in [1.165, 1.54) is 44.9 Å². The molecule has 0 saturated heterocycles. The second-order valence-electron chi connectivity index (χ2n) is 8.64. The molecule has 0 aliphatic heterocycles. The van der Waals surface area contributed by atoms with Crippen LogP contribution in [0.1, 0.15) is 78.6 Å². The second kappa shape index (κ2) is 16.5. The van der Waals surface area contributed by atoms with E-state index in [-0.39, 0.29) is 0 Å². The summed E-state index contributed by atoms with van der Waals surface area (Å²) in [4.78, 5) is 4.54. The summed E-state index contributed by atoms with van der Waals surface area (Å²) in [5.74, 6) is 2.54. The van der Waals surface area contributed by atoms with Gasteiger partial charge >= 0.3 is 0 Å². The monoisotopic (exact) mass is 441 g/mol. The Kier molecular flexibility index (Phi) is 13.5. The van der Waals surface area contributed by atoms with Crippen LogP contribution in [0.15, 0.2) is 42.6 Å². The number of pyridine rings is 1. The predicted octanol–water partition coefficient (Wildman–Crippen LogP) is 7.71. The molecule has 0 aliphatic rings. The van der Waals surface area contributed by atoms with Crippen LogP contribution in [-0.2, 0) is 4.74 Å². The molecule has 1 atom stereocenters. The van der Waals surface area contributed by atoms with E-state index in [4.69, 9.17) is 14.2 Å². The summed E-state index contributed by atoms with van der Waals surface area (Å²) in [6, 6.07) is 12.1. The summed E-state index contributed by atoms with van der Waals surface area (Å²) in [7, 11) is 0. The highest BCUT2D eigenvalue weighted by molar-refractivity contribution is 5.60. The van der Waals surface area contributed by atoms with Crippen LogP contribution >= 0.6 is 0 Å². The van der Waals surface area contributed by atoms with Gasteiger partial charge in [-0.2, -0.15) is 0 Å². The molecule has 4 heteroatoms. The van der Waals surface area contributed by atoms with Crippen LogP contribution in [0.2, 0.25) is 0 Å². The Balaban J connectivity index is 1.63. The molecule has 1 heterocycles. The standard InChI is InChI=1S/C28H43NO3/c1-4-6-7-10-19-30-21-22-32-27-17-18-28(29-23-27)25-13-15-26(16-14-25)31-20-11-8-9-12-24(3)5-2/h13-18,23-24H,4-12,19-22H2,1-3H3. The first kappa shape index (κ1) is 26.2. The van der Waals surface area contributed by atoms with Crippen LogP contribution in [0.5, 0.6) is 11.5 Å². The third-order valence-electron chi connectivity index (χ3n) is 5.83. The van der Waals surface area contributed by atoms with Gasteiger partial charge in [0.25, 0.3) is 0 Å². The molecule has 2 aromatic rings. The molecule has 0 bridgehead atoms. The number of rotatable bonds is 18. The lowest BCUT2D eigenvalue weighted by molar-refractivity contribution is 0.0970. The quantitative estimate of drug-likeness (QED) is 0.222. The first-order chi connectivity index (χ1) is 15.7. The lowest BCUT2D eigenvalue weighted by atomic mass is 10.0. The van der Waals surface area contributed by atoms with Gasteiger partial charge in [-0.15, -0.1) is 0 Å². The van der Waals surface area contributed by atoms with Crippen molar-refractivity contribution in [2.75, 3.05) is 26.4 Å². The summed E-state index contributed by atoms with van der Waals surface area (Å²) < 4.78 is 17.2. The van der Waals surface area contributed by atoms with E-state index in [0.29, 0.717) is 13.2 Å². The average Bonchev–Trinajstić information content (AvgIpc) is 2.83. The number of benzene rings is 1. The average molecular weight is 442 g/mol. The van der Waals surface area contributed by atoms with Crippen molar-refractivity contribution in [3.63, 3.8) is 0 Å². The minimum absolute atomic E-state index is 0.554. The van der Waals surface area contributed by atoms with Gasteiger partial charge in [0.15, 0.2) is 0 Å². The van der Waals surface area contributed by atoms with Crippen molar-refractivity contribution in [3.8, 4) is 22.8 Å². The Morgan fingerprint density at radius 2 is 1.44 bits per heavy atom. The molecule has 178 valence electrons. The van der Waals surface area contributed by atoms with Gasteiger partial charge in [0.05, 0.1) is 25.1 Å². The van der Waals surface area contributed by atoms with Crippen molar-refractivity contribution >= 4 is 0 Å². The normalized spacial score (nSPS) is 12.0. The Morgan fingerprint density at radius 1 is 0.719 bits per heavy atom. The number of nitrogens with zero attached hydrogens (tertiary/aromatic N) is 1. The van der Waals surface area contributed by atoms with Crippen molar-refractivity contribution in [3.05, 3.63) is 42.6 Å². The Hall–Kier alpha value is -2.07. The smallest absolute Gasteiger partial charge is 0.137 e. The van der Waals surface area contributed by atoms with Gasteiger partial charge < -0.3 is 14.2 Å². The number of unbranched alkanes of at least 4 members (excludes halogenated alkanes) is 5. The predicted molar refractivity (Wildman–Crippen MR) is 134 cm³/mol. The van der Waals surface area contributed by atoms with Crippen LogP contribution < -0.4 is 9.47 Å². The molecule has 0 amide bonds. The van der Waals surface area contributed by atoms with Gasteiger partial charge in [0, 0.05) is 12.2 Å². The zero-order valence-corrected chi connectivity index (χ0v) is 20.5. The van der Waals surface area contributed by atoms with Crippen molar-refractivity contribution in [2.45, 2.75) is 78.6 Å². The van der Waals surface area contributed by atoms with E-state index >= 15 is 0 Å². The van der Waals surface area contributed by atoms with Gasteiger partial charge in [-0.25, -0.2) is 0 Å². The van der Waals surface area contributed by atoms with Crippen molar-refractivity contribution in [1.29, 1.82) is 0 Å². The lowest BCUT2D eigenvalue weighted by Gasteiger charge is -2.10. The first-order valence-corrected chi connectivity index (χ1v) is 12.6. The molecule has 0 spiro atoms. The lowest BCUT2D eigenvalue weighted by Crippen LogP contribution is -2.07. The highest BCUT2D eigenvalue weighted by Crippen LogP contribution is 2.22. The van der Waals surface area contributed by atoms with Crippen LogP contribution in [0.25, 0.3) is 11.3 Å². The molecule has 0 fully saturated rings. The van der Waals surface area contributed by atoms with Crippen LogP contribution in [-0.4, -0.2) is 31.4 Å². The van der Waals surface area contributed by atoms with Crippen LogP contribution in [0, 0.1) is 5.92 Å². The highest BCUT2D eigenvalue weighted by atomic mass is 16.5. The second-order valence-corrected chi connectivity index (χ2v) is 8.64. The van der Waals surface area contributed by atoms with Crippen molar-refractivity contribution in [2.24, 2.45) is 5.92 Å². The fourth-order valence-electron chi connectivity index (χ4n) is 3.48. The van der Waals surface area contributed by atoms with Gasteiger partial charge in [-0.3, -0.25) is 4.98 Å². The van der Waals surface area contributed by atoms with E-state index in [1.807, 2.05) is 24.3 Å². The number of hydrogen-bond acceptors (Lipinski definition) is 4. The summed E-state index contributed by atoms with van der Waals surface area (Å²) >= 11 is 0. The fraction of sp³-hybridized carbons (Fsp3) is 0.607. The maximum atomic E-state index is 5.89. The van der Waals surface area contributed by atoms with E-state index in [2.05, 4.69) is 37.9 Å². The summed E-state index contributed by atoms with van der Waals surface area (Å²) in [5.41, 5.74) is 2.01. The van der Waals surface area contributed by atoms with Gasteiger partial charge in [-0.05, 0) is 55.2 Å². The van der Waals surface area contributed by atoms with Crippen LogP contribution in [0.4, 0.5) is 0 Å². The number of ether oxygens (including phenoxy) is 3. The van der Waals surface area contributed by atoms with E-state index in [9.17, 15) is 0 Å². The molecule has 1 unspecified atom stereocenters. The van der Waals surface area contributed by atoms with E-state index in [1.54, 1.807) is 6.20 Å². The topological polar surface area (TPSA) is 40.6 Å². The van der Waals surface area contributed by atoms with Crippen molar-refractivity contribution in [1.82, 2.24) is 4.98 Å². The highest BCUT2D eigenvalue weighted by Gasteiger charge is 2.03. The van der Waals surface area contributed by atoms with E-state index < -0.39 is 0 Å². The molecule has 0 saturated carbocycles. The molecule has 0 radical (unpaired) electrons. The zero-order valence-electron chi connectivity index (χ0n) is 20.5. The number of aromatic nitrogens is 1. The van der Waals surface area contributed by atoms with E-state index in [0.717, 1.165) is 54.7 Å². The molecule has 1 aromatic heterocycles.